The lowest BCUT2D eigenvalue weighted by atomic mass is 10.1. The first-order valence-corrected chi connectivity index (χ1v) is 5.73. The smallest absolute Gasteiger partial charge is 0.326 e. The summed E-state index contributed by atoms with van der Waals surface area (Å²) in [6.07, 6.45) is -0.327. The summed E-state index contributed by atoms with van der Waals surface area (Å²) < 4.78 is 13.3. The monoisotopic (exact) mass is 283 g/mol. The number of anilines is 1. The molecule has 0 saturated carbocycles. The standard InChI is InChI=1S/C12H14FN3O4/c13-7-3-1-2-4-8(7)15-12(20)16-9(11(18)19)5-6-10(14)17/h1-4,9H,5-6H2,(H2,14,17)(H,18,19)(H2,15,16,20)/t9-/m0/s1. The second-order valence-electron chi connectivity index (χ2n) is 3.97. The maximum Gasteiger partial charge on any atom is 0.326 e. The lowest BCUT2D eigenvalue weighted by molar-refractivity contribution is -0.139. The van der Waals surface area contributed by atoms with Crippen LogP contribution < -0.4 is 16.4 Å². The summed E-state index contributed by atoms with van der Waals surface area (Å²) in [6, 6.07) is 3.28. The van der Waals surface area contributed by atoms with Gasteiger partial charge in [0, 0.05) is 6.42 Å². The van der Waals surface area contributed by atoms with Crippen LogP contribution in [0, 0.1) is 5.82 Å². The third kappa shape index (κ3) is 4.92. The minimum absolute atomic E-state index is 0.0796. The number of nitrogens with one attached hydrogen (secondary N) is 2. The molecule has 0 aromatic heterocycles. The summed E-state index contributed by atoms with van der Waals surface area (Å²) in [5.74, 6) is -2.63. The van der Waals surface area contributed by atoms with E-state index in [9.17, 15) is 18.8 Å². The van der Waals surface area contributed by atoms with Crippen LogP contribution >= 0.6 is 0 Å². The zero-order valence-corrected chi connectivity index (χ0v) is 10.4. The normalized spacial score (nSPS) is 11.4. The Balaban J connectivity index is 2.60. The lowest BCUT2D eigenvalue weighted by Gasteiger charge is -2.14. The van der Waals surface area contributed by atoms with E-state index in [2.05, 4.69) is 10.6 Å². The minimum atomic E-state index is -1.31. The van der Waals surface area contributed by atoms with Gasteiger partial charge in [0.15, 0.2) is 0 Å². The molecule has 0 saturated heterocycles. The number of urea groups is 1. The second kappa shape index (κ2) is 7.07. The Bertz CT molecular complexity index is 521. The average molecular weight is 283 g/mol. The van der Waals surface area contributed by atoms with Crippen LogP contribution in [0.4, 0.5) is 14.9 Å². The van der Waals surface area contributed by atoms with Gasteiger partial charge in [0.25, 0.3) is 0 Å². The Hall–Kier alpha value is -2.64. The highest BCUT2D eigenvalue weighted by atomic mass is 19.1. The topological polar surface area (TPSA) is 122 Å². The van der Waals surface area contributed by atoms with Gasteiger partial charge >= 0.3 is 12.0 Å². The summed E-state index contributed by atoms with van der Waals surface area (Å²) in [7, 11) is 0. The predicted octanol–water partition coefficient (Wildman–Crippen LogP) is 0.666. The van der Waals surface area contributed by atoms with Crippen molar-refractivity contribution in [2.24, 2.45) is 5.73 Å². The number of rotatable bonds is 6. The number of primary amides is 1. The van der Waals surface area contributed by atoms with Crippen molar-refractivity contribution in [3.8, 4) is 0 Å². The first kappa shape index (κ1) is 15.4. The molecular formula is C12H14FN3O4. The molecule has 7 nitrogen and oxygen atoms in total. The number of carboxylic acid groups (broad SMARTS) is 1. The van der Waals surface area contributed by atoms with Crippen LogP contribution in [0.2, 0.25) is 0 Å². The van der Waals surface area contributed by atoms with E-state index >= 15 is 0 Å². The molecule has 5 N–H and O–H groups in total. The molecule has 108 valence electrons. The molecule has 0 unspecified atom stereocenters. The lowest BCUT2D eigenvalue weighted by Crippen LogP contribution is -2.43. The molecule has 0 aliphatic rings. The van der Waals surface area contributed by atoms with Crippen LogP contribution in [0.25, 0.3) is 0 Å². The summed E-state index contributed by atoms with van der Waals surface area (Å²) in [4.78, 5) is 33.1. The van der Waals surface area contributed by atoms with E-state index in [1.807, 2.05) is 0 Å². The van der Waals surface area contributed by atoms with Gasteiger partial charge in [-0.15, -0.1) is 0 Å². The fraction of sp³-hybridized carbons (Fsp3) is 0.250. The van der Waals surface area contributed by atoms with Crippen molar-refractivity contribution >= 4 is 23.6 Å². The Morgan fingerprint density at radius 2 is 1.95 bits per heavy atom. The predicted molar refractivity (Wildman–Crippen MR) is 68.4 cm³/mol. The highest BCUT2D eigenvalue weighted by Gasteiger charge is 2.20. The highest BCUT2D eigenvalue weighted by Crippen LogP contribution is 2.12. The van der Waals surface area contributed by atoms with E-state index in [1.54, 1.807) is 0 Å². The van der Waals surface area contributed by atoms with Gasteiger partial charge in [0.1, 0.15) is 11.9 Å². The van der Waals surface area contributed by atoms with Crippen molar-refractivity contribution in [3.63, 3.8) is 0 Å². The third-order valence-electron chi connectivity index (χ3n) is 2.40. The molecule has 1 aromatic rings. The maximum absolute atomic E-state index is 13.3. The van der Waals surface area contributed by atoms with Crippen molar-refractivity contribution in [2.75, 3.05) is 5.32 Å². The maximum atomic E-state index is 13.3. The van der Waals surface area contributed by atoms with Crippen LogP contribution in [0.3, 0.4) is 0 Å². The summed E-state index contributed by atoms with van der Waals surface area (Å²) in [5, 5.41) is 13.2. The van der Waals surface area contributed by atoms with Gasteiger partial charge in [-0.3, -0.25) is 4.79 Å². The number of aliphatic carboxylic acids is 1. The molecule has 0 radical (unpaired) electrons. The number of hydrogen-bond acceptors (Lipinski definition) is 3. The number of carboxylic acids is 1. The molecular weight excluding hydrogens is 269 g/mol. The van der Waals surface area contributed by atoms with E-state index in [0.29, 0.717) is 0 Å². The first-order chi connectivity index (χ1) is 9.40. The van der Waals surface area contributed by atoms with Crippen LogP contribution in [0.15, 0.2) is 24.3 Å². The number of hydrogen-bond donors (Lipinski definition) is 4. The largest absolute Gasteiger partial charge is 0.480 e. The molecule has 0 aliphatic carbocycles. The van der Waals surface area contributed by atoms with Gasteiger partial charge in [0.2, 0.25) is 5.91 Å². The van der Waals surface area contributed by atoms with Gasteiger partial charge in [-0.25, -0.2) is 14.0 Å². The van der Waals surface area contributed by atoms with E-state index in [4.69, 9.17) is 10.8 Å². The third-order valence-corrected chi connectivity index (χ3v) is 2.40. The van der Waals surface area contributed by atoms with Crippen molar-refractivity contribution in [1.29, 1.82) is 0 Å². The molecule has 1 rings (SSSR count). The number of para-hydroxylation sites is 1. The molecule has 8 heteroatoms. The van der Waals surface area contributed by atoms with Crippen LogP contribution in [0.1, 0.15) is 12.8 Å². The summed E-state index contributed by atoms with van der Waals surface area (Å²) in [6.45, 7) is 0. The van der Waals surface area contributed by atoms with Crippen LogP contribution in [-0.2, 0) is 9.59 Å². The van der Waals surface area contributed by atoms with Crippen LogP contribution in [-0.4, -0.2) is 29.1 Å². The molecule has 0 heterocycles. The van der Waals surface area contributed by atoms with Crippen molar-refractivity contribution in [2.45, 2.75) is 18.9 Å². The average Bonchev–Trinajstić information content (AvgIpc) is 2.36. The molecule has 3 amide bonds. The fourth-order valence-electron chi connectivity index (χ4n) is 1.42. The minimum Gasteiger partial charge on any atom is -0.480 e. The summed E-state index contributed by atoms with van der Waals surface area (Å²) in [5.41, 5.74) is 4.83. The molecule has 0 bridgehead atoms. The molecule has 1 atom stereocenters. The van der Waals surface area contributed by atoms with E-state index in [-0.39, 0.29) is 18.5 Å². The number of carbonyl (C=O) groups excluding carboxylic acids is 2. The zero-order valence-electron chi connectivity index (χ0n) is 10.4. The Morgan fingerprint density at radius 1 is 1.30 bits per heavy atom. The van der Waals surface area contributed by atoms with Gasteiger partial charge in [-0.1, -0.05) is 12.1 Å². The van der Waals surface area contributed by atoms with Gasteiger partial charge in [-0.2, -0.15) is 0 Å². The van der Waals surface area contributed by atoms with E-state index < -0.39 is 29.8 Å². The fourth-order valence-corrected chi connectivity index (χ4v) is 1.42. The SMILES string of the molecule is NC(=O)CC[C@H](NC(=O)Nc1ccccc1F)C(=O)O. The Morgan fingerprint density at radius 3 is 2.50 bits per heavy atom. The van der Waals surface area contributed by atoms with Gasteiger partial charge < -0.3 is 21.5 Å². The molecule has 0 aliphatic heterocycles. The molecule has 20 heavy (non-hydrogen) atoms. The zero-order chi connectivity index (χ0) is 15.1. The Kier molecular flexibility index (Phi) is 5.45. The quantitative estimate of drug-likeness (QED) is 0.612. The van der Waals surface area contributed by atoms with Crippen molar-refractivity contribution in [3.05, 3.63) is 30.1 Å². The van der Waals surface area contributed by atoms with Crippen molar-refractivity contribution in [1.82, 2.24) is 5.32 Å². The number of nitrogens with two attached hydrogens (primary N) is 1. The van der Waals surface area contributed by atoms with Gasteiger partial charge in [-0.05, 0) is 18.6 Å². The Labute approximate surface area is 114 Å². The van der Waals surface area contributed by atoms with Crippen LogP contribution in [0.5, 0.6) is 0 Å². The van der Waals surface area contributed by atoms with E-state index in [0.717, 1.165) is 6.07 Å². The molecule has 0 fully saturated rings. The van der Waals surface area contributed by atoms with Crippen molar-refractivity contribution < 1.29 is 23.9 Å². The second-order valence-corrected chi connectivity index (χ2v) is 3.97. The van der Waals surface area contributed by atoms with E-state index in [1.165, 1.54) is 18.2 Å². The molecule has 0 spiro atoms. The number of amides is 3. The summed E-state index contributed by atoms with van der Waals surface area (Å²) >= 11 is 0. The molecule has 1 aromatic carbocycles. The number of halogens is 1. The number of benzene rings is 1. The first-order valence-electron chi connectivity index (χ1n) is 5.73. The number of carbonyl (C=O) groups is 3. The highest BCUT2D eigenvalue weighted by molar-refractivity contribution is 5.92. The van der Waals surface area contributed by atoms with Gasteiger partial charge in [0.05, 0.1) is 5.69 Å².